The summed E-state index contributed by atoms with van der Waals surface area (Å²) >= 11 is 0. The number of aromatic nitrogens is 2. The van der Waals surface area contributed by atoms with Gasteiger partial charge in [0.25, 0.3) is 0 Å². The zero-order valence-electron chi connectivity index (χ0n) is 8.40. The molecule has 1 amide bonds. The summed E-state index contributed by atoms with van der Waals surface area (Å²) in [6.45, 7) is 4.95. The zero-order chi connectivity index (χ0) is 10.9. The van der Waals surface area contributed by atoms with Crippen LogP contribution in [0.15, 0.2) is 23.6 Å². The Hall–Kier alpha value is -1.69. The number of carbonyl (C=O) groups excluding carboxylic acids is 1. The Labute approximate surface area is 87.7 Å². The van der Waals surface area contributed by atoms with Gasteiger partial charge in [-0.15, -0.1) is 6.58 Å². The molecule has 0 atom stereocenters. The van der Waals surface area contributed by atoms with Crippen LogP contribution in [0.3, 0.4) is 0 Å². The van der Waals surface area contributed by atoms with Crippen molar-refractivity contribution in [3.63, 3.8) is 0 Å². The van der Waals surface area contributed by atoms with E-state index in [9.17, 15) is 4.79 Å². The van der Waals surface area contributed by atoms with Gasteiger partial charge >= 0.3 is 0 Å². The van der Waals surface area contributed by atoms with Crippen LogP contribution < -0.4 is 10.6 Å². The SMILES string of the molecule is C=CCNCC(=O)NCCc1ncon1. The molecule has 0 saturated carbocycles. The summed E-state index contributed by atoms with van der Waals surface area (Å²) < 4.78 is 4.55. The van der Waals surface area contributed by atoms with E-state index in [4.69, 9.17) is 0 Å². The van der Waals surface area contributed by atoms with Gasteiger partial charge in [0, 0.05) is 19.5 Å². The minimum Gasteiger partial charge on any atom is -0.355 e. The van der Waals surface area contributed by atoms with Gasteiger partial charge in [0.2, 0.25) is 12.3 Å². The second-order valence-electron chi connectivity index (χ2n) is 2.87. The first-order valence-corrected chi connectivity index (χ1v) is 4.66. The molecular weight excluding hydrogens is 196 g/mol. The number of rotatable bonds is 7. The molecule has 0 unspecified atom stereocenters. The number of hydrogen-bond acceptors (Lipinski definition) is 5. The Morgan fingerprint density at radius 3 is 3.20 bits per heavy atom. The lowest BCUT2D eigenvalue weighted by Gasteiger charge is -2.03. The maximum absolute atomic E-state index is 11.2. The van der Waals surface area contributed by atoms with Crippen molar-refractivity contribution in [2.24, 2.45) is 0 Å². The van der Waals surface area contributed by atoms with Gasteiger partial charge in [-0.25, -0.2) is 0 Å². The lowest BCUT2D eigenvalue weighted by molar-refractivity contribution is -0.120. The fraction of sp³-hybridized carbons (Fsp3) is 0.444. The Morgan fingerprint density at radius 1 is 1.67 bits per heavy atom. The van der Waals surface area contributed by atoms with E-state index >= 15 is 0 Å². The zero-order valence-corrected chi connectivity index (χ0v) is 8.40. The molecule has 1 heterocycles. The molecule has 1 aromatic heterocycles. The molecule has 82 valence electrons. The molecule has 6 heteroatoms. The van der Waals surface area contributed by atoms with Gasteiger partial charge in [-0.3, -0.25) is 4.79 Å². The minimum atomic E-state index is -0.0552. The maximum atomic E-state index is 11.2. The molecule has 2 N–H and O–H groups in total. The number of carbonyl (C=O) groups is 1. The number of nitrogens with one attached hydrogen (secondary N) is 2. The highest BCUT2D eigenvalue weighted by molar-refractivity contribution is 5.77. The molecule has 0 aliphatic heterocycles. The van der Waals surface area contributed by atoms with E-state index in [1.54, 1.807) is 6.08 Å². The molecular formula is C9H14N4O2. The smallest absolute Gasteiger partial charge is 0.233 e. The summed E-state index contributed by atoms with van der Waals surface area (Å²) in [4.78, 5) is 15.0. The Bertz CT molecular complexity index is 297. The lowest BCUT2D eigenvalue weighted by atomic mass is 10.4. The highest BCUT2D eigenvalue weighted by Crippen LogP contribution is 1.87. The van der Waals surface area contributed by atoms with E-state index in [-0.39, 0.29) is 12.5 Å². The fourth-order valence-electron chi connectivity index (χ4n) is 0.967. The Morgan fingerprint density at radius 2 is 2.53 bits per heavy atom. The quantitative estimate of drug-likeness (QED) is 0.468. The summed E-state index contributed by atoms with van der Waals surface area (Å²) in [6, 6.07) is 0. The summed E-state index contributed by atoms with van der Waals surface area (Å²) in [5.41, 5.74) is 0. The van der Waals surface area contributed by atoms with E-state index in [0.29, 0.717) is 25.3 Å². The molecule has 1 aromatic rings. The Kier molecular flexibility index (Phi) is 5.10. The van der Waals surface area contributed by atoms with E-state index in [1.807, 2.05) is 0 Å². The number of nitrogens with zero attached hydrogens (tertiary/aromatic N) is 2. The van der Waals surface area contributed by atoms with Crippen LogP contribution in [-0.2, 0) is 11.2 Å². The molecule has 1 rings (SSSR count). The average Bonchev–Trinajstić information content (AvgIpc) is 2.71. The van der Waals surface area contributed by atoms with Gasteiger partial charge in [0.1, 0.15) is 0 Å². The van der Waals surface area contributed by atoms with Crippen LogP contribution in [0.5, 0.6) is 0 Å². The average molecular weight is 210 g/mol. The minimum absolute atomic E-state index is 0.0552. The molecule has 0 spiro atoms. The van der Waals surface area contributed by atoms with Crippen LogP contribution in [0.1, 0.15) is 5.82 Å². The highest BCUT2D eigenvalue weighted by atomic mass is 16.5. The first-order chi connectivity index (χ1) is 7.33. The van der Waals surface area contributed by atoms with Crippen molar-refractivity contribution in [2.45, 2.75) is 6.42 Å². The second-order valence-corrected chi connectivity index (χ2v) is 2.87. The van der Waals surface area contributed by atoms with Gasteiger partial charge in [0.15, 0.2) is 5.82 Å². The van der Waals surface area contributed by atoms with Crippen molar-refractivity contribution in [3.8, 4) is 0 Å². The van der Waals surface area contributed by atoms with Crippen molar-refractivity contribution < 1.29 is 9.32 Å². The fourth-order valence-corrected chi connectivity index (χ4v) is 0.967. The van der Waals surface area contributed by atoms with Gasteiger partial charge < -0.3 is 15.2 Å². The normalized spacial score (nSPS) is 9.87. The first kappa shape index (κ1) is 11.4. The predicted octanol–water partition coefficient (Wildman–Crippen LogP) is -0.496. The van der Waals surface area contributed by atoms with Crippen LogP contribution in [0, 0.1) is 0 Å². The van der Waals surface area contributed by atoms with Crippen LogP contribution in [0.25, 0.3) is 0 Å². The van der Waals surface area contributed by atoms with E-state index in [2.05, 4.69) is 31.9 Å². The summed E-state index contributed by atoms with van der Waals surface area (Å²) in [5.74, 6) is 0.537. The van der Waals surface area contributed by atoms with Crippen molar-refractivity contribution in [3.05, 3.63) is 24.9 Å². The van der Waals surface area contributed by atoms with Crippen molar-refractivity contribution >= 4 is 5.91 Å². The molecule has 0 aliphatic rings. The van der Waals surface area contributed by atoms with Crippen LogP contribution in [-0.4, -0.2) is 35.7 Å². The van der Waals surface area contributed by atoms with Gasteiger partial charge in [-0.1, -0.05) is 11.2 Å². The molecule has 0 aliphatic carbocycles. The molecule has 15 heavy (non-hydrogen) atoms. The predicted molar refractivity (Wildman–Crippen MR) is 54.1 cm³/mol. The van der Waals surface area contributed by atoms with Crippen LogP contribution in [0.4, 0.5) is 0 Å². The molecule has 0 radical (unpaired) electrons. The number of hydrogen-bond donors (Lipinski definition) is 2. The van der Waals surface area contributed by atoms with Crippen molar-refractivity contribution in [1.29, 1.82) is 0 Å². The molecule has 0 fully saturated rings. The summed E-state index contributed by atoms with van der Waals surface area (Å²) in [6.07, 6.45) is 3.54. The number of amides is 1. The van der Waals surface area contributed by atoms with Crippen molar-refractivity contribution in [1.82, 2.24) is 20.8 Å². The van der Waals surface area contributed by atoms with Crippen molar-refractivity contribution in [2.75, 3.05) is 19.6 Å². The first-order valence-electron chi connectivity index (χ1n) is 4.66. The summed E-state index contributed by atoms with van der Waals surface area (Å²) in [7, 11) is 0. The summed E-state index contributed by atoms with van der Waals surface area (Å²) in [5, 5.41) is 9.24. The van der Waals surface area contributed by atoms with Crippen LogP contribution in [0.2, 0.25) is 0 Å². The Balaban J connectivity index is 2.04. The topological polar surface area (TPSA) is 80.0 Å². The maximum Gasteiger partial charge on any atom is 0.233 e. The van der Waals surface area contributed by atoms with E-state index < -0.39 is 0 Å². The standard InChI is InChI=1S/C9H14N4O2/c1-2-4-10-6-9(14)11-5-3-8-12-7-15-13-8/h2,7,10H,1,3-6H2,(H,11,14). The van der Waals surface area contributed by atoms with Gasteiger partial charge in [-0.2, -0.15) is 4.98 Å². The second kappa shape index (κ2) is 6.72. The molecule has 0 saturated heterocycles. The third kappa shape index (κ3) is 4.92. The third-order valence-electron chi connectivity index (χ3n) is 1.65. The van der Waals surface area contributed by atoms with Crippen LogP contribution >= 0.6 is 0 Å². The molecule has 6 nitrogen and oxygen atoms in total. The van der Waals surface area contributed by atoms with Gasteiger partial charge in [0.05, 0.1) is 6.54 Å². The third-order valence-corrected chi connectivity index (χ3v) is 1.65. The molecule has 0 aromatic carbocycles. The monoisotopic (exact) mass is 210 g/mol. The largest absolute Gasteiger partial charge is 0.355 e. The lowest BCUT2D eigenvalue weighted by Crippen LogP contribution is -2.35. The molecule has 0 bridgehead atoms. The van der Waals surface area contributed by atoms with Gasteiger partial charge in [-0.05, 0) is 0 Å². The van der Waals surface area contributed by atoms with E-state index in [0.717, 1.165) is 0 Å². The van der Waals surface area contributed by atoms with E-state index in [1.165, 1.54) is 6.39 Å². The highest BCUT2D eigenvalue weighted by Gasteiger charge is 2.01.